The monoisotopic (exact) mass is 531 g/mol. The molecule has 0 fully saturated rings. The van der Waals surface area contributed by atoms with E-state index in [1.54, 1.807) is 38.1 Å². The molecule has 2 aromatic carbocycles. The van der Waals surface area contributed by atoms with Gasteiger partial charge in [-0.15, -0.1) is 0 Å². The lowest BCUT2D eigenvalue weighted by molar-refractivity contribution is -0.159. The number of amides is 2. The van der Waals surface area contributed by atoms with Crippen LogP contribution in [0, 0.1) is 5.92 Å². The van der Waals surface area contributed by atoms with Crippen molar-refractivity contribution in [3.05, 3.63) is 59.7 Å². The van der Waals surface area contributed by atoms with Crippen LogP contribution >= 0.6 is 0 Å². The maximum atomic E-state index is 13.6. The van der Waals surface area contributed by atoms with E-state index in [0.29, 0.717) is 11.3 Å². The molecule has 11 heteroatoms. The fourth-order valence-corrected chi connectivity index (χ4v) is 5.13. The maximum absolute atomic E-state index is 13.6. The summed E-state index contributed by atoms with van der Waals surface area (Å²) in [4.78, 5) is 40.0. The second kappa shape index (κ2) is 11.8. The summed E-state index contributed by atoms with van der Waals surface area (Å²) in [7, 11) is -2.44. The number of carboxylic acid groups (broad SMARTS) is 1. The van der Waals surface area contributed by atoms with Crippen LogP contribution in [0.15, 0.2) is 53.4 Å². The average molecular weight is 532 g/mol. The third kappa shape index (κ3) is 6.73. The van der Waals surface area contributed by atoms with Gasteiger partial charge in [0.1, 0.15) is 11.8 Å². The second-order valence-corrected chi connectivity index (χ2v) is 11.4. The Morgan fingerprint density at radius 1 is 1.16 bits per heavy atom. The van der Waals surface area contributed by atoms with Gasteiger partial charge in [-0.3, -0.25) is 14.5 Å². The van der Waals surface area contributed by atoms with Gasteiger partial charge in [0.25, 0.3) is 0 Å². The quantitative estimate of drug-likeness (QED) is 0.397. The van der Waals surface area contributed by atoms with E-state index in [0.717, 1.165) is 10.5 Å². The minimum Gasteiger partial charge on any atom is -0.493 e. The first-order valence-electron chi connectivity index (χ1n) is 12.0. The number of aliphatic carboxylic acids is 1. The van der Waals surface area contributed by atoms with Crippen molar-refractivity contribution in [2.75, 3.05) is 13.7 Å². The van der Waals surface area contributed by atoms with Gasteiger partial charge in [0, 0.05) is 17.9 Å². The van der Waals surface area contributed by atoms with Gasteiger partial charge in [-0.2, -0.15) is 0 Å². The number of rotatable bonds is 11. The molecule has 2 aromatic rings. The van der Waals surface area contributed by atoms with E-state index in [1.807, 2.05) is 6.07 Å². The van der Waals surface area contributed by atoms with Crippen LogP contribution in [0.2, 0.25) is 0 Å². The molecule has 37 heavy (non-hydrogen) atoms. The fourth-order valence-electron chi connectivity index (χ4n) is 4.37. The Kier molecular flexibility index (Phi) is 9.06. The van der Waals surface area contributed by atoms with Crippen molar-refractivity contribution in [1.82, 2.24) is 9.62 Å². The van der Waals surface area contributed by atoms with Crippen LogP contribution in [0.1, 0.15) is 43.7 Å². The van der Waals surface area contributed by atoms with Crippen molar-refractivity contribution in [2.45, 2.75) is 56.0 Å². The van der Waals surface area contributed by atoms with Crippen LogP contribution in [-0.2, 0) is 30.8 Å². The Balaban J connectivity index is 1.91. The number of carbonyl (C=O) groups excluding carboxylic acids is 2. The molecule has 1 aliphatic rings. The average Bonchev–Trinajstić information content (AvgIpc) is 3.25. The van der Waals surface area contributed by atoms with Crippen LogP contribution in [-0.4, -0.2) is 61.9 Å². The number of nitrogens with zero attached hydrogens (tertiary/aromatic N) is 1. The highest BCUT2D eigenvalue weighted by Crippen LogP contribution is 2.38. The number of hydrogen-bond donors (Lipinski definition) is 3. The lowest BCUT2D eigenvalue weighted by Crippen LogP contribution is -2.55. The Bertz CT molecular complexity index is 1250. The Labute approximate surface area is 216 Å². The molecule has 0 radical (unpaired) electrons. The summed E-state index contributed by atoms with van der Waals surface area (Å²) in [6.07, 6.45) is -0.0486. The first kappa shape index (κ1) is 28.3. The molecule has 0 saturated carbocycles. The van der Waals surface area contributed by atoms with Gasteiger partial charge in [0.15, 0.2) is 0 Å². The van der Waals surface area contributed by atoms with Gasteiger partial charge in [-0.1, -0.05) is 44.2 Å². The molecular weight excluding hydrogens is 498 g/mol. The highest BCUT2D eigenvalue weighted by molar-refractivity contribution is 7.89. The van der Waals surface area contributed by atoms with Crippen molar-refractivity contribution in [3.8, 4) is 5.75 Å². The predicted octanol–water partition coefficient (Wildman–Crippen LogP) is 1.89. The summed E-state index contributed by atoms with van der Waals surface area (Å²) < 4.78 is 32.4. The zero-order valence-electron chi connectivity index (χ0n) is 21.1. The lowest BCUT2D eigenvalue weighted by Gasteiger charge is -2.31. The molecule has 2 amide bonds. The summed E-state index contributed by atoms with van der Waals surface area (Å²) in [5.74, 6) is -3.02. The Morgan fingerprint density at radius 3 is 2.43 bits per heavy atom. The van der Waals surface area contributed by atoms with Crippen LogP contribution in [0.5, 0.6) is 5.75 Å². The number of benzene rings is 2. The van der Waals surface area contributed by atoms with Gasteiger partial charge in [0.2, 0.25) is 21.8 Å². The van der Waals surface area contributed by atoms with Crippen LogP contribution in [0.3, 0.4) is 0 Å². The van der Waals surface area contributed by atoms with Crippen LogP contribution < -0.4 is 15.2 Å². The standard InChI is InChI=1S/C26H33N3O7S/c1-16(2)11-22(26(32)33)29(25(31)21(27)12-17-7-5-4-6-8-17)24(30)13-18-15-36-23-10-9-19(14-20(18)23)37(34,35)28-3/h4-10,14,16,18,21-22,28H,11-13,15,27H2,1-3H3,(H,32,33). The first-order valence-corrected chi connectivity index (χ1v) is 13.5. The van der Waals surface area contributed by atoms with E-state index >= 15 is 0 Å². The van der Waals surface area contributed by atoms with E-state index in [4.69, 9.17) is 10.5 Å². The summed E-state index contributed by atoms with van der Waals surface area (Å²) in [6.45, 7) is 3.69. The van der Waals surface area contributed by atoms with Gasteiger partial charge < -0.3 is 15.6 Å². The zero-order chi connectivity index (χ0) is 27.3. The number of nitrogens with two attached hydrogens (primary N) is 1. The molecule has 0 aliphatic carbocycles. The zero-order valence-corrected chi connectivity index (χ0v) is 21.9. The van der Waals surface area contributed by atoms with Gasteiger partial charge in [-0.05, 0) is 49.6 Å². The minimum absolute atomic E-state index is 0.0118. The van der Waals surface area contributed by atoms with Crippen molar-refractivity contribution in [1.29, 1.82) is 0 Å². The van der Waals surface area contributed by atoms with E-state index in [-0.39, 0.29) is 36.7 Å². The number of carbonyl (C=O) groups is 3. The molecule has 4 N–H and O–H groups in total. The number of carboxylic acids is 1. The molecule has 0 bridgehead atoms. The molecule has 0 spiro atoms. The molecule has 200 valence electrons. The highest BCUT2D eigenvalue weighted by Gasteiger charge is 2.39. The molecule has 1 heterocycles. The van der Waals surface area contributed by atoms with E-state index in [2.05, 4.69) is 4.72 Å². The van der Waals surface area contributed by atoms with Gasteiger partial charge in [-0.25, -0.2) is 17.9 Å². The normalized spacial score (nSPS) is 16.5. The van der Waals surface area contributed by atoms with Crippen molar-refractivity contribution in [3.63, 3.8) is 0 Å². The lowest BCUT2D eigenvalue weighted by atomic mass is 9.95. The first-order chi connectivity index (χ1) is 17.4. The predicted molar refractivity (Wildman–Crippen MR) is 136 cm³/mol. The topological polar surface area (TPSA) is 156 Å². The van der Waals surface area contributed by atoms with Crippen molar-refractivity contribution in [2.24, 2.45) is 11.7 Å². The molecule has 3 atom stereocenters. The van der Waals surface area contributed by atoms with E-state index < -0.39 is 45.8 Å². The largest absolute Gasteiger partial charge is 0.493 e. The maximum Gasteiger partial charge on any atom is 0.326 e. The van der Waals surface area contributed by atoms with Gasteiger partial charge >= 0.3 is 5.97 Å². The smallest absolute Gasteiger partial charge is 0.326 e. The number of imide groups is 1. The summed E-state index contributed by atoms with van der Waals surface area (Å²) >= 11 is 0. The second-order valence-electron chi connectivity index (χ2n) is 9.50. The minimum atomic E-state index is -3.73. The molecular formula is C26H33N3O7S. The van der Waals surface area contributed by atoms with Crippen LogP contribution in [0.4, 0.5) is 0 Å². The molecule has 3 unspecified atom stereocenters. The fraction of sp³-hybridized carbons (Fsp3) is 0.423. The van der Waals surface area contributed by atoms with E-state index in [9.17, 15) is 27.9 Å². The van der Waals surface area contributed by atoms with E-state index in [1.165, 1.54) is 25.2 Å². The number of sulfonamides is 1. The number of ether oxygens (including phenoxy) is 1. The van der Waals surface area contributed by atoms with Crippen molar-refractivity contribution >= 4 is 27.8 Å². The number of hydrogen-bond acceptors (Lipinski definition) is 7. The van der Waals surface area contributed by atoms with Crippen LogP contribution in [0.25, 0.3) is 0 Å². The third-order valence-electron chi connectivity index (χ3n) is 6.27. The number of nitrogens with one attached hydrogen (secondary N) is 1. The molecule has 0 saturated heterocycles. The van der Waals surface area contributed by atoms with Gasteiger partial charge in [0.05, 0.1) is 17.5 Å². The molecule has 1 aliphatic heterocycles. The molecule has 3 rings (SSSR count). The Hall–Kier alpha value is -3.28. The van der Waals surface area contributed by atoms with Crippen molar-refractivity contribution < 1.29 is 32.6 Å². The summed E-state index contributed by atoms with van der Waals surface area (Å²) in [6, 6.07) is 10.9. The summed E-state index contributed by atoms with van der Waals surface area (Å²) in [5.41, 5.74) is 7.47. The summed E-state index contributed by atoms with van der Waals surface area (Å²) in [5, 5.41) is 9.95. The molecule has 0 aromatic heterocycles. The Morgan fingerprint density at radius 2 is 1.84 bits per heavy atom. The molecule has 10 nitrogen and oxygen atoms in total. The number of fused-ring (bicyclic) bond motifs is 1. The third-order valence-corrected chi connectivity index (χ3v) is 7.69. The SMILES string of the molecule is CNS(=O)(=O)c1ccc2c(c1)C(CC(=O)N(C(=O)C(N)Cc1ccccc1)C(CC(C)C)C(=O)O)CO2. The highest BCUT2D eigenvalue weighted by atomic mass is 32.2.